The van der Waals surface area contributed by atoms with Crippen molar-refractivity contribution in [1.82, 2.24) is 0 Å². The molecule has 0 heterocycles. The van der Waals surface area contributed by atoms with E-state index in [0.29, 0.717) is 18.2 Å². The van der Waals surface area contributed by atoms with Gasteiger partial charge >= 0.3 is 0 Å². The average Bonchev–Trinajstić information content (AvgIpc) is 2.69. The van der Waals surface area contributed by atoms with Crippen LogP contribution in [0.4, 0.5) is 4.39 Å². The molecule has 0 radical (unpaired) electrons. The zero-order valence-corrected chi connectivity index (χ0v) is 12.0. The van der Waals surface area contributed by atoms with Crippen LogP contribution in [0.3, 0.4) is 0 Å². The predicted octanol–water partition coefficient (Wildman–Crippen LogP) is 3.86. The van der Waals surface area contributed by atoms with E-state index < -0.39 is 0 Å². The predicted molar refractivity (Wildman–Crippen MR) is 81.7 cm³/mol. The molecule has 2 aromatic carbocycles. The Morgan fingerprint density at radius 3 is 2.62 bits per heavy atom. The highest BCUT2D eigenvalue weighted by Crippen LogP contribution is 2.36. The first-order valence-electron chi connectivity index (χ1n) is 7.48. The minimum absolute atomic E-state index is 0.0563. The zero-order chi connectivity index (χ0) is 14.7. The second kappa shape index (κ2) is 6.27. The van der Waals surface area contributed by atoms with Gasteiger partial charge in [-0.05, 0) is 61.2 Å². The summed E-state index contributed by atoms with van der Waals surface area (Å²) in [6.07, 6.45) is 3.19. The average molecular weight is 285 g/mol. The van der Waals surface area contributed by atoms with Crippen molar-refractivity contribution in [3.8, 4) is 5.75 Å². The summed E-state index contributed by atoms with van der Waals surface area (Å²) in [5.74, 6) is 0.731. The maximum atomic E-state index is 13.0. The van der Waals surface area contributed by atoms with Gasteiger partial charge in [-0.2, -0.15) is 0 Å². The number of hydrogen-bond acceptors (Lipinski definition) is 2. The van der Waals surface area contributed by atoms with Crippen molar-refractivity contribution in [1.29, 1.82) is 0 Å². The van der Waals surface area contributed by atoms with Gasteiger partial charge in [-0.1, -0.05) is 24.3 Å². The normalized spacial score (nSPS) is 21.4. The minimum atomic E-state index is -0.251. The van der Waals surface area contributed by atoms with E-state index in [-0.39, 0.29) is 11.9 Å². The standard InChI is InChI=1S/C18H20FNO/c19-15-8-10-16(11-9-15)21-18-14(12-20)6-3-5-13-4-1-2-7-17(13)18/h1-2,4,7-11,14,18H,3,5-6,12,20H2/t14-,18+/m1/s1. The molecular weight excluding hydrogens is 265 g/mol. The lowest BCUT2D eigenvalue weighted by atomic mass is 9.93. The summed E-state index contributed by atoms with van der Waals surface area (Å²) >= 11 is 0. The number of aryl methyl sites for hydroxylation is 1. The molecule has 0 aromatic heterocycles. The van der Waals surface area contributed by atoms with Gasteiger partial charge in [0.15, 0.2) is 0 Å². The fourth-order valence-electron chi connectivity index (χ4n) is 3.06. The molecule has 0 aliphatic heterocycles. The van der Waals surface area contributed by atoms with Gasteiger partial charge in [0.25, 0.3) is 0 Å². The molecule has 0 unspecified atom stereocenters. The topological polar surface area (TPSA) is 35.2 Å². The van der Waals surface area contributed by atoms with Crippen molar-refractivity contribution in [2.75, 3.05) is 6.54 Å². The summed E-state index contributed by atoms with van der Waals surface area (Å²) in [5, 5.41) is 0. The first kappa shape index (κ1) is 14.1. The van der Waals surface area contributed by atoms with Crippen LogP contribution >= 0.6 is 0 Å². The van der Waals surface area contributed by atoms with E-state index in [2.05, 4.69) is 18.2 Å². The molecule has 1 aliphatic rings. The van der Waals surface area contributed by atoms with E-state index in [0.717, 1.165) is 19.3 Å². The molecule has 3 rings (SSSR count). The van der Waals surface area contributed by atoms with Crippen LogP contribution in [-0.2, 0) is 6.42 Å². The molecule has 2 nitrogen and oxygen atoms in total. The van der Waals surface area contributed by atoms with Gasteiger partial charge < -0.3 is 10.5 Å². The first-order valence-corrected chi connectivity index (χ1v) is 7.48. The fourth-order valence-corrected chi connectivity index (χ4v) is 3.06. The highest BCUT2D eigenvalue weighted by Gasteiger charge is 2.28. The molecule has 0 spiro atoms. The Balaban J connectivity index is 1.93. The van der Waals surface area contributed by atoms with Crippen molar-refractivity contribution in [2.45, 2.75) is 25.4 Å². The maximum absolute atomic E-state index is 13.0. The molecule has 0 saturated carbocycles. The maximum Gasteiger partial charge on any atom is 0.128 e. The smallest absolute Gasteiger partial charge is 0.128 e. The first-order chi connectivity index (χ1) is 10.3. The van der Waals surface area contributed by atoms with E-state index in [4.69, 9.17) is 10.5 Å². The van der Waals surface area contributed by atoms with Gasteiger partial charge in [0.2, 0.25) is 0 Å². The number of ether oxygens (including phenoxy) is 1. The Morgan fingerprint density at radius 2 is 1.86 bits per heavy atom. The quantitative estimate of drug-likeness (QED) is 0.869. The van der Waals surface area contributed by atoms with Crippen LogP contribution in [0.25, 0.3) is 0 Å². The van der Waals surface area contributed by atoms with Gasteiger partial charge in [0.05, 0.1) is 0 Å². The number of benzene rings is 2. The third kappa shape index (κ3) is 3.08. The lowest BCUT2D eigenvalue weighted by molar-refractivity contribution is 0.135. The number of nitrogens with two attached hydrogens (primary N) is 1. The Bertz CT molecular complexity index is 596. The molecule has 2 N–H and O–H groups in total. The summed E-state index contributed by atoms with van der Waals surface area (Å²) in [6.45, 7) is 0.597. The number of halogens is 1. The second-order valence-corrected chi connectivity index (χ2v) is 5.58. The zero-order valence-electron chi connectivity index (χ0n) is 12.0. The summed E-state index contributed by atoms with van der Waals surface area (Å²) in [5.41, 5.74) is 8.51. The highest BCUT2D eigenvalue weighted by molar-refractivity contribution is 5.33. The largest absolute Gasteiger partial charge is 0.485 e. The third-order valence-electron chi connectivity index (χ3n) is 4.19. The molecule has 3 heteroatoms. The SMILES string of the molecule is NC[C@H]1CCCc2ccccc2[C@H]1Oc1ccc(F)cc1. The van der Waals surface area contributed by atoms with Crippen molar-refractivity contribution in [3.05, 3.63) is 65.5 Å². The van der Waals surface area contributed by atoms with Gasteiger partial charge in [0.1, 0.15) is 17.7 Å². The van der Waals surface area contributed by atoms with Crippen molar-refractivity contribution < 1.29 is 9.13 Å². The van der Waals surface area contributed by atoms with E-state index in [1.807, 2.05) is 6.07 Å². The Kier molecular flexibility index (Phi) is 4.20. The van der Waals surface area contributed by atoms with Crippen molar-refractivity contribution in [3.63, 3.8) is 0 Å². The number of hydrogen-bond donors (Lipinski definition) is 1. The molecular formula is C18H20FNO. The Morgan fingerprint density at radius 1 is 1.10 bits per heavy atom. The van der Waals surface area contributed by atoms with Crippen LogP contribution in [0.5, 0.6) is 5.75 Å². The van der Waals surface area contributed by atoms with Crippen LogP contribution in [-0.4, -0.2) is 6.54 Å². The summed E-state index contributed by atoms with van der Waals surface area (Å²) in [7, 11) is 0. The van der Waals surface area contributed by atoms with Crippen molar-refractivity contribution >= 4 is 0 Å². The summed E-state index contributed by atoms with van der Waals surface area (Å²) < 4.78 is 19.2. The highest BCUT2D eigenvalue weighted by atomic mass is 19.1. The van der Waals surface area contributed by atoms with Crippen LogP contribution in [0, 0.1) is 11.7 Å². The fraction of sp³-hybridized carbons (Fsp3) is 0.333. The molecule has 0 amide bonds. The van der Waals surface area contributed by atoms with E-state index in [1.54, 1.807) is 12.1 Å². The monoisotopic (exact) mass is 285 g/mol. The van der Waals surface area contributed by atoms with Crippen molar-refractivity contribution in [2.24, 2.45) is 11.7 Å². The summed E-state index contributed by atoms with van der Waals surface area (Å²) in [6, 6.07) is 14.6. The van der Waals surface area contributed by atoms with Gasteiger partial charge in [0, 0.05) is 5.92 Å². The molecule has 2 aromatic rings. The Labute approximate surface area is 124 Å². The van der Waals surface area contributed by atoms with E-state index >= 15 is 0 Å². The van der Waals surface area contributed by atoms with Crippen LogP contribution < -0.4 is 10.5 Å². The molecule has 1 aliphatic carbocycles. The lowest BCUT2D eigenvalue weighted by Gasteiger charge is -2.26. The van der Waals surface area contributed by atoms with Gasteiger partial charge in [-0.25, -0.2) is 4.39 Å². The third-order valence-corrected chi connectivity index (χ3v) is 4.19. The summed E-state index contributed by atoms with van der Waals surface area (Å²) in [4.78, 5) is 0. The number of rotatable bonds is 3. The molecule has 2 atom stereocenters. The number of fused-ring (bicyclic) bond motifs is 1. The van der Waals surface area contributed by atoms with Crippen LogP contribution in [0.2, 0.25) is 0 Å². The minimum Gasteiger partial charge on any atom is -0.485 e. The molecule has 0 fully saturated rings. The van der Waals surface area contributed by atoms with Gasteiger partial charge in [-0.15, -0.1) is 0 Å². The second-order valence-electron chi connectivity index (χ2n) is 5.58. The van der Waals surface area contributed by atoms with Crippen LogP contribution in [0.1, 0.15) is 30.1 Å². The Hall–Kier alpha value is -1.87. The molecule has 21 heavy (non-hydrogen) atoms. The lowest BCUT2D eigenvalue weighted by Crippen LogP contribution is -2.25. The molecule has 110 valence electrons. The molecule has 0 bridgehead atoms. The van der Waals surface area contributed by atoms with E-state index in [1.165, 1.54) is 23.3 Å². The molecule has 0 saturated heterocycles. The van der Waals surface area contributed by atoms with E-state index in [9.17, 15) is 4.39 Å². The van der Waals surface area contributed by atoms with Gasteiger partial charge in [-0.3, -0.25) is 0 Å². The van der Waals surface area contributed by atoms with Crippen LogP contribution in [0.15, 0.2) is 48.5 Å².